The van der Waals surface area contributed by atoms with E-state index >= 15 is 0 Å². The van der Waals surface area contributed by atoms with Crippen LogP contribution in [0.2, 0.25) is 0 Å². The number of piperazine rings is 1. The third-order valence-electron chi connectivity index (χ3n) is 6.24. The Morgan fingerprint density at radius 1 is 0.968 bits per heavy atom. The molecule has 0 aliphatic carbocycles. The maximum Gasteiger partial charge on any atom is 0.214 e. The molecule has 1 saturated heterocycles. The Kier molecular flexibility index (Phi) is 7.04. The summed E-state index contributed by atoms with van der Waals surface area (Å²) < 4.78 is 15.6. The van der Waals surface area contributed by atoms with Gasteiger partial charge in [-0.05, 0) is 47.0 Å². The Morgan fingerprint density at radius 2 is 1.68 bits per heavy atom. The summed E-state index contributed by atoms with van der Waals surface area (Å²) in [4.78, 5) is 3.05. The fraction of sp³-hybridized carbons (Fsp3) is 0.458. The number of hydrogen-bond donors (Lipinski definition) is 2. The second-order valence-electron chi connectivity index (χ2n) is 9.00. The molecule has 1 aliphatic heterocycles. The van der Waals surface area contributed by atoms with Gasteiger partial charge in [-0.15, -0.1) is 5.10 Å². The Morgan fingerprint density at radius 3 is 2.35 bits per heavy atom. The Balaban J connectivity index is 1.52. The molecule has 7 heteroatoms. The number of halogens is 1. The Bertz CT molecular complexity index is 932. The monoisotopic (exact) mass is 424 g/mol. The van der Waals surface area contributed by atoms with Crippen LogP contribution in [0.5, 0.6) is 0 Å². The van der Waals surface area contributed by atoms with E-state index in [4.69, 9.17) is 0 Å². The van der Waals surface area contributed by atoms with Crippen molar-refractivity contribution in [1.29, 1.82) is 0 Å². The highest BCUT2D eigenvalue weighted by molar-refractivity contribution is 5.23. The lowest BCUT2D eigenvalue weighted by atomic mass is 10.0. The number of nitrogens with zero attached hydrogens (tertiary/aromatic N) is 4. The van der Waals surface area contributed by atoms with Gasteiger partial charge in [-0.1, -0.05) is 44.2 Å². The first-order valence-electron chi connectivity index (χ1n) is 11.3. The van der Waals surface area contributed by atoms with E-state index in [0.717, 1.165) is 57.1 Å². The molecule has 2 heterocycles. The lowest BCUT2D eigenvalue weighted by Crippen LogP contribution is -3.27. The zero-order chi connectivity index (χ0) is 21.6. The van der Waals surface area contributed by atoms with Crippen molar-refractivity contribution in [2.75, 3.05) is 26.2 Å². The van der Waals surface area contributed by atoms with Crippen molar-refractivity contribution in [3.63, 3.8) is 0 Å². The van der Waals surface area contributed by atoms with Gasteiger partial charge in [0, 0.05) is 17.7 Å². The number of aryl methyl sites for hydroxylation is 1. The summed E-state index contributed by atoms with van der Waals surface area (Å²) in [7, 11) is 0. The molecule has 0 radical (unpaired) electrons. The van der Waals surface area contributed by atoms with E-state index in [2.05, 4.69) is 59.7 Å². The van der Waals surface area contributed by atoms with E-state index in [0.29, 0.717) is 5.92 Å². The van der Waals surface area contributed by atoms with Crippen LogP contribution in [0.1, 0.15) is 43.3 Å². The van der Waals surface area contributed by atoms with Gasteiger partial charge in [-0.3, -0.25) is 0 Å². The summed E-state index contributed by atoms with van der Waals surface area (Å²) in [6, 6.07) is 17.6. The molecule has 4 rings (SSSR count). The van der Waals surface area contributed by atoms with E-state index in [1.165, 1.54) is 10.5 Å². The third-order valence-corrected chi connectivity index (χ3v) is 6.24. The molecular formula is C24H33FN6+2. The fourth-order valence-corrected chi connectivity index (χ4v) is 4.46. The van der Waals surface area contributed by atoms with Crippen LogP contribution in [0, 0.1) is 11.7 Å². The van der Waals surface area contributed by atoms with Gasteiger partial charge in [0.2, 0.25) is 5.82 Å². The van der Waals surface area contributed by atoms with Crippen molar-refractivity contribution in [1.82, 2.24) is 20.2 Å². The number of benzene rings is 2. The molecule has 2 N–H and O–H groups in total. The van der Waals surface area contributed by atoms with Crippen LogP contribution in [0.3, 0.4) is 0 Å². The van der Waals surface area contributed by atoms with Gasteiger partial charge in [0.05, 0.1) is 0 Å². The first-order chi connectivity index (χ1) is 15.1. The van der Waals surface area contributed by atoms with Crippen molar-refractivity contribution in [2.24, 2.45) is 5.92 Å². The number of hydrogen-bond acceptors (Lipinski definition) is 3. The lowest BCUT2D eigenvalue weighted by Gasteiger charge is -2.34. The topological polar surface area (TPSA) is 52.5 Å². The van der Waals surface area contributed by atoms with Gasteiger partial charge in [-0.2, -0.15) is 0 Å². The first-order valence-corrected chi connectivity index (χ1v) is 11.3. The summed E-state index contributed by atoms with van der Waals surface area (Å²) in [6.45, 7) is 10.5. The molecule has 1 aromatic heterocycles. The van der Waals surface area contributed by atoms with E-state index in [9.17, 15) is 4.39 Å². The molecule has 3 aromatic rings. The van der Waals surface area contributed by atoms with Crippen molar-refractivity contribution >= 4 is 0 Å². The summed E-state index contributed by atoms with van der Waals surface area (Å²) in [5.41, 5.74) is 2.46. The minimum Gasteiger partial charge on any atom is -0.322 e. The van der Waals surface area contributed by atoms with Gasteiger partial charge in [0.15, 0.2) is 6.04 Å². The fourth-order valence-electron chi connectivity index (χ4n) is 4.46. The largest absolute Gasteiger partial charge is 0.322 e. The van der Waals surface area contributed by atoms with Gasteiger partial charge >= 0.3 is 0 Å². The quantitative estimate of drug-likeness (QED) is 0.566. The standard InChI is InChI=1S/C24H31FN6/c1-19(2)12-13-31-24(26-27-28-31)23(21-8-10-22(25)11-9-21)30-16-14-29(15-17-30)18-20-6-4-3-5-7-20/h3-11,19,23H,12-18H2,1-2H3/p+2/t23-/m1/s1. The molecule has 0 spiro atoms. The maximum absolute atomic E-state index is 13.6. The van der Waals surface area contributed by atoms with Crippen LogP contribution in [-0.4, -0.2) is 46.4 Å². The van der Waals surface area contributed by atoms with Gasteiger partial charge < -0.3 is 9.80 Å². The normalized spacial score (nSPS) is 20.1. The molecule has 164 valence electrons. The molecule has 31 heavy (non-hydrogen) atoms. The molecule has 1 aliphatic rings. The molecule has 1 fully saturated rings. The molecule has 0 amide bonds. The highest BCUT2D eigenvalue weighted by Crippen LogP contribution is 2.18. The molecule has 0 unspecified atom stereocenters. The minimum atomic E-state index is -0.214. The van der Waals surface area contributed by atoms with E-state index in [1.54, 1.807) is 17.0 Å². The number of aromatic nitrogens is 4. The number of nitrogens with one attached hydrogen (secondary N) is 2. The Labute approximate surface area is 183 Å². The zero-order valence-corrected chi connectivity index (χ0v) is 18.5. The number of tetrazole rings is 1. The van der Waals surface area contributed by atoms with Crippen molar-refractivity contribution in [3.05, 3.63) is 77.4 Å². The molecule has 0 bridgehead atoms. The van der Waals surface area contributed by atoms with Gasteiger partial charge in [0.1, 0.15) is 38.5 Å². The molecule has 6 nitrogen and oxygen atoms in total. The maximum atomic E-state index is 13.6. The second kappa shape index (κ2) is 10.1. The smallest absolute Gasteiger partial charge is 0.214 e. The van der Waals surface area contributed by atoms with Gasteiger partial charge in [-0.25, -0.2) is 9.07 Å². The van der Waals surface area contributed by atoms with Crippen molar-refractivity contribution < 1.29 is 14.2 Å². The van der Waals surface area contributed by atoms with Crippen LogP contribution in [0.4, 0.5) is 4.39 Å². The van der Waals surface area contributed by atoms with Crippen LogP contribution in [-0.2, 0) is 13.1 Å². The van der Waals surface area contributed by atoms with E-state index in [-0.39, 0.29) is 11.9 Å². The molecule has 2 aromatic carbocycles. The number of quaternary nitrogens is 2. The van der Waals surface area contributed by atoms with Crippen LogP contribution in [0.15, 0.2) is 54.6 Å². The summed E-state index contributed by atoms with van der Waals surface area (Å²) in [5, 5.41) is 12.7. The van der Waals surface area contributed by atoms with Gasteiger partial charge in [0.25, 0.3) is 0 Å². The Hall–Kier alpha value is -2.64. The molecule has 1 atom stereocenters. The highest BCUT2D eigenvalue weighted by Gasteiger charge is 2.35. The summed E-state index contributed by atoms with van der Waals surface area (Å²) >= 11 is 0. The highest BCUT2D eigenvalue weighted by atomic mass is 19.1. The van der Waals surface area contributed by atoms with E-state index < -0.39 is 0 Å². The summed E-state index contributed by atoms with van der Waals surface area (Å²) in [5.74, 6) is 1.25. The predicted octanol–water partition coefficient (Wildman–Crippen LogP) is 0.931. The lowest BCUT2D eigenvalue weighted by molar-refractivity contribution is -1.03. The van der Waals surface area contributed by atoms with E-state index in [1.807, 2.05) is 16.8 Å². The minimum absolute atomic E-state index is 0.0148. The van der Waals surface area contributed by atoms with Crippen molar-refractivity contribution in [3.8, 4) is 0 Å². The van der Waals surface area contributed by atoms with Crippen LogP contribution < -0.4 is 9.80 Å². The zero-order valence-electron chi connectivity index (χ0n) is 18.5. The average molecular weight is 425 g/mol. The van der Waals surface area contributed by atoms with Crippen LogP contribution >= 0.6 is 0 Å². The number of rotatable bonds is 8. The molecule has 0 saturated carbocycles. The second-order valence-corrected chi connectivity index (χ2v) is 9.00. The SMILES string of the molecule is CC(C)CCn1nnnc1[C@@H](c1ccc(F)cc1)[NH+]1CC[NH+](Cc2ccccc2)CC1. The first kappa shape index (κ1) is 21.6. The van der Waals surface area contributed by atoms with Crippen LogP contribution in [0.25, 0.3) is 0 Å². The predicted molar refractivity (Wildman–Crippen MR) is 117 cm³/mol. The third kappa shape index (κ3) is 5.54. The average Bonchev–Trinajstić information content (AvgIpc) is 3.24. The molecular weight excluding hydrogens is 391 g/mol. The summed E-state index contributed by atoms with van der Waals surface area (Å²) in [6.07, 6.45) is 1.03. The van der Waals surface area contributed by atoms with Crippen molar-refractivity contribution in [2.45, 2.75) is 39.4 Å².